The molecule has 2 rings (SSSR count). The second-order valence-corrected chi connectivity index (χ2v) is 6.97. The van der Waals surface area contributed by atoms with Crippen molar-refractivity contribution in [3.05, 3.63) is 53.1 Å². The van der Waals surface area contributed by atoms with Gasteiger partial charge in [-0.15, -0.1) is 0 Å². The lowest BCUT2D eigenvalue weighted by atomic mass is 10.1. The molecule has 2 aromatic rings. The molecule has 1 N–H and O–H groups in total. The molecular formula is C16H18ClNO4S. The lowest BCUT2D eigenvalue weighted by molar-refractivity contribution is 0.395. The first-order chi connectivity index (χ1) is 10.9. The van der Waals surface area contributed by atoms with Gasteiger partial charge in [0, 0.05) is 11.6 Å². The van der Waals surface area contributed by atoms with Crippen molar-refractivity contribution >= 4 is 21.6 Å². The minimum Gasteiger partial charge on any atom is -0.497 e. The first-order valence-electron chi connectivity index (χ1n) is 6.88. The predicted octanol–water partition coefficient (Wildman–Crippen LogP) is 3.40. The molecule has 0 saturated carbocycles. The summed E-state index contributed by atoms with van der Waals surface area (Å²) in [4.78, 5) is 0.0374. The highest BCUT2D eigenvalue weighted by Crippen LogP contribution is 2.31. The highest BCUT2D eigenvalue weighted by molar-refractivity contribution is 7.89. The second-order valence-electron chi connectivity index (χ2n) is 4.88. The Bertz CT molecular complexity index is 792. The molecule has 0 bridgehead atoms. The maximum Gasteiger partial charge on any atom is 0.242 e. The summed E-state index contributed by atoms with van der Waals surface area (Å²) in [5.74, 6) is 1.18. The van der Waals surface area contributed by atoms with Crippen molar-refractivity contribution in [2.45, 2.75) is 17.9 Å². The lowest BCUT2D eigenvalue weighted by Gasteiger charge is -2.18. The van der Waals surface area contributed by atoms with Gasteiger partial charge in [-0.25, -0.2) is 13.1 Å². The SMILES string of the molecule is COc1ccc(OC)c(C(C)NS(=O)(=O)c2ccccc2Cl)c1. The smallest absolute Gasteiger partial charge is 0.242 e. The van der Waals surface area contributed by atoms with E-state index in [4.69, 9.17) is 21.1 Å². The summed E-state index contributed by atoms with van der Waals surface area (Å²) in [6.07, 6.45) is 0. The molecule has 0 heterocycles. The number of ether oxygens (including phenoxy) is 2. The first-order valence-corrected chi connectivity index (χ1v) is 8.74. The van der Waals surface area contributed by atoms with Crippen molar-refractivity contribution in [2.75, 3.05) is 14.2 Å². The van der Waals surface area contributed by atoms with E-state index in [-0.39, 0.29) is 9.92 Å². The van der Waals surface area contributed by atoms with Crippen LogP contribution in [-0.4, -0.2) is 22.6 Å². The number of benzene rings is 2. The number of hydrogen-bond donors (Lipinski definition) is 1. The zero-order valence-electron chi connectivity index (χ0n) is 13.0. The van der Waals surface area contributed by atoms with Crippen LogP contribution in [0.5, 0.6) is 11.5 Å². The van der Waals surface area contributed by atoms with Gasteiger partial charge in [0.15, 0.2) is 0 Å². The molecule has 124 valence electrons. The van der Waals surface area contributed by atoms with Crippen molar-refractivity contribution in [1.29, 1.82) is 0 Å². The van der Waals surface area contributed by atoms with Crippen molar-refractivity contribution in [2.24, 2.45) is 0 Å². The largest absolute Gasteiger partial charge is 0.497 e. The summed E-state index contributed by atoms with van der Waals surface area (Å²) < 4.78 is 38.1. The molecule has 23 heavy (non-hydrogen) atoms. The minimum atomic E-state index is -3.76. The van der Waals surface area contributed by atoms with Crippen LogP contribution in [0.3, 0.4) is 0 Å². The summed E-state index contributed by atoms with van der Waals surface area (Å²) in [6, 6.07) is 11.0. The molecule has 0 radical (unpaired) electrons. The third kappa shape index (κ3) is 3.96. The van der Waals surface area contributed by atoms with Gasteiger partial charge in [0.1, 0.15) is 16.4 Å². The molecule has 0 aromatic heterocycles. The molecule has 7 heteroatoms. The monoisotopic (exact) mass is 355 g/mol. The van der Waals surface area contributed by atoms with Crippen LogP contribution in [0, 0.1) is 0 Å². The van der Waals surface area contributed by atoms with Gasteiger partial charge in [-0.1, -0.05) is 23.7 Å². The van der Waals surface area contributed by atoms with Crippen LogP contribution >= 0.6 is 11.6 Å². The summed E-state index contributed by atoms with van der Waals surface area (Å²) in [7, 11) is -0.687. The first kappa shape index (κ1) is 17.6. The van der Waals surface area contributed by atoms with E-state index in [1.54, 1.807) is 44.4 Å². The second kappa shape index (κ2) is 7.21. The maximum absolute atomic E-state index is 12.5. The van der Waals surface area contributed by atoms with Crippen LogP contribution in [0.25, 0.3) is 0 Å². The number of sulfonamides is 1. The van der Waals surface area contributed by atoms with E-state index in [1.807, 2.05) is 0 Å². The Morgan fingerprint density at radius 1 is 1.09 bits per heavy atom. The summed E-state index contributed by atoms with van der Waals surface area (Å²) in [6.45, 7) is 1.73. The highest BCUT2D eigenvalue weighted by atomic mass is 35.5. The molecule has 0 saturated heterocycles. The van der Waals surface area contributed by atoms with Crippen LogP contribution in [0.2, 0.25) is 5.02 Å². The quantitative estimate of drug-likeness (QED) is 0.862. The van der Waals surface area contributed by atoms with Gasteiger partial charge in [-0.3, -0.25) is 0 Å². The number of nitrogens with one attached hydrogen (secondary N) is 1. The Morgan fingerprint density at radius 3 is 2.39 bits per heavy atom. The Balaban J connectivity index is 2.35. The molecule has 1 atom stereocenters. The lowest BCUT2D eigenvalue weighted by Crippen LogP contribution is -2.27. The number of hydrogen-bond acceptors (Lipinski definition) is 4. The third-order valence-electron chi connectivity index (χ3n) is 3.36. The Labute approximate surface area is 141 Å². The fourth-order valence-electron chi connectivity index (χ4n) is 2.20. The van der Waals surface area contributed by atoms with Gasteiger partial charge < -0.3 is 9.47 Å². The fraction of sp³-hybridized carbons (Fsp3) is 0.250. The Hall–Kier alpha value is -1.76. The molecule has 0 aliphatic carbocycles. The molecule has 0 fully saturated rings. The molecule has 2 aromatic carbocycles. The zero-order valence-corrected chi connectivity index (χ0v) is 14.6. The number of methoxy groups -OCH3 is 2. The van der Waals surface area contributed by atoms with E-state index in [0.717, 1.165) is 0 Å². The standard InChI is InChI=1S/C16H18ClNO4S/c1-11(13-10-12(21-2)8-9-15(13)22-3)18-23(19,20)16-7-5-4-6-14(16)17/h4-11,18H,1-3H3. The average Bonchev–Trinajstić information content (AvgIpc) is 2.54. The summed E-state index contributed by atoms with van der Waals surface area (Å²) >= 11 is 5.98. The average molecular weight is 356 g/mol. The normalized spacial score (nSPS) is 12.7. The molecule has 0 aliphatic heterocycles. The number of halogens is 1. The molecule has 0 spiro atoms. The van der Waals surface area contributed by atoms with Crippen molar-refractivity contribution in [3.8, 4) is 11.5 Å². The van der Waals surface area contributed by atoms with E-state index in [9.17, 15) is 8.42 Å². The summed E-state index contributed by atoms with van der Waals surface area (Å²) in [5, 5.41) is 0.171. The van der Waals surface area contributed by atoms with Gasteiger partial charge >= 0.3 is 0 Å². The van der Waals surface area contributed by atoms with Crippen LogP contribution in [0.15, 0.2) is 47.4 Å². The van der Waals surface area contributed by atoms with Gasteiger partial charge in [0.05, 0.1) is 19.2 Å². The van der Waals surface area contributed by atoms with E-state index in [0.29, 0.717) is 17.1 Å². The maximum atomic E-state index is 12.5. The van der Waals surface area contributed by atoms with Crippen LogP contribution in [0.1, 0.15) is 18.5 Å². The highest BCUT2D eigenvalue weighted by Gasteiger charge is 2.22. The van der Waals surface area contributed by atoms with Gasteiger partial charge in [-0.05, 0) is 37.3 Å². The van der Waals surface area contributed by atoms with E-state index in [1.165, 1.54) is 19.2 Å². The van der Waals surface area contributed by atoms with Crippen molar-refractivity contribution in [1.82, 2.24) is 4.72 Å². The third-order valence-corrected chi connectivity index (χ3v) is 5.40. The van der Waals surface area contributed by atoms with Gasteiger partial charge in [-0.2, -0.15) is 0 Å². The van der Waals surface area contributed by atoms with Crippen LogP contribution in [0.4, 0.5) is 0 Å². The van der Waals surface area contributed by atoms with E-state index >= 15 is 0 Å². The van der Waals surface area contributed by atoms with Gasteiger partial charge in [0.25, 0.3) is 0 Å². The molecule has 5 nitrogen and oxygen atoms in total. The minimum absolute atomic E-state index is 0.0374. The zero-order chi connectivity index (χ0) is 17.0. The molecule has 1 unspecified atom stereocenters. The summed E-state index contributed by atoms with van der Waals surface area (Å²) in [5.41, 5.74) is 0.669. The molecule has 0 amide bonds. The molecular weight excluding hydrogens is 338 g/mol. The molecule has 0 aliphatic rings. The van der Waals surface area contributed by atoms with Crippen LogP contribution in [-0.2, 0) is 10.0 Å². The number of rotatable bonds is 6. The van der Waals surface area contributed by atoms with Crippen molar-refractivity contribution in [3.63, 3.8) is 0 Å². The van der Waals surface area contributed by atoms with E-state index < -0.39 is 16.1 Å². The van der Waals surface area contributed by atoms with Gasteiger partial charge in [0.2, 0.25) is 10.0 Å². The van der Waals surface area contributed by atoms with Crippen LogP contribution < -0.4 is 14.2 Å². The Kier molecular flexibility index (Phi) is 5.51. The van der Waals surface area contributed by atoms with E-state index in [2.05, 4.69) is 4.72 Å². The topological polar surface area (TPSA) is 64.6 Å². The van der Waals surface area contributed by atoms with Crippen molar-refractivity contribution < 1.29 is 17.9 Å². The predicted molar refractivity (Wildman–Crippen MR) is 89.7 cm³/mol. The Morgan fingerprint density at radius 2 is 1.78 bits per heavy atom. The fourth-order valence-corrected chi connectivity index (χ4v) is 3.94.